The zero-order chi connectivity index (χ0) is 32.9. The summed E-state index contributed by atoms with van der Waals surface area (Å²) in [7, 11) is 0.345. The molecule has 0 aromatic carbocycles. The van der Waals surface area contributed by atoms with E-state index in [4.69, 9.17) is 15.2 Å². The first kappa shape index (κ1) is 34.5. The molecule has 1 atom stereocenters. The molecule has 4 rings (SSSR count). The molecule has 0 bridgehead atoms. The number of nitrogens with two attached hydrogens (primary N) is 1. The number of hydrogen-bond acceptors (Lipinski definition) is 7. The number of nitrogens with one attached hydrogen (secondary N) is 1. The lowest BCUT2D eigenvalue weighted by Crippen LogP contribution is -2.32. The van der Waals surface area contributed by atoms with E-state index in [9.17, 15) is 9.59 Å². The highest BCUT2D eigenvalue weighted by molar-refractivity contribution is 6.76. The van der Waals surface area contributed by atoms with E-state index in [-0.39, 0.29) is 30.1 Å². The van der Waals surface area contributed by atoms with Gasteiger partial charge in [0.1, 0.15) is 18.2 Å². The molecule has 0 saturated heterocycles. The smallest absolute Gasteiger partial charge is 0.267 e. The predicted molar refractivity (Wildman–Crippen MR) is 174 cm³/mol. The number of aryl methyl sites for hydroxylation is 1. The Morgan fingerprint density at radius 2 is 1.84 bits per heavy atom. The zero-order valence-electron chi connectivity index (χ0n) is 27.7. The van der Waals surface area contributed by atoms with Gasteiger partial charge in [0.15, 0.2) is 0 Å². The maximum atomic E-state index is 15.6. The maximum absolute atomic E-state index is 15.6. The molecule has 0 aliphatic heterocycles. The molecule has 3 heterocycles. The predicted octanol–water partition coefficient (Wildman–Crippen LogP) is 5.50. The fourth-order valence-electron chi connectivity index (χ4n) is 6.11. The summed E-state index contributed by atoms with van der Waals surface area (Å²) in [5.74, 6) is -1.86. The minimum absolute atomic E-state index is 0.0346. The Labute approximate surface area is 266 Å². The average molecular weight is 642 g/mol. The van der Waals surface area contributed by atoms with E-state index in [1.807, 2.05) is 13.8 Å². The third-order valence-electron chi connectivity index (χ3n) is 8.72. The van der Waals surface area contributed by atoms with E-state index < -0.39 is 25.8 Å². The fourth-order valence-corrected chi connectivity index (χ4v) is 6.87. The van der Waals surface area contributed by atoms with E-state index in [0.717, 1.165) is 37.4 Å². The summed E-state index contributed by atoms with van der Waals surface area (Å²) in [6.45, 7) is 14.4. The molecule has 0 radical (unpaired) electrons. The second-order valence-corrected chi connectivity index (χ2v) is 19.1. The van der Waals surface area contributed by atoms with Crippen LogP contribution >= 0.6 is 0 Å². The quantitative estimate of drug-likeness (QED) is 0.135. The normalized spacial score (nSPS) is 17.8. The SMILES string of the molecule is COCCn1ncc([C@@H](C(=O)Nc2ccc(-c3c(C)nn(COCC[Si](C)(C)C)c3C)c(F)n2)C2CCC(C)CC2)c1C(N)=O. The van der Waals surface area contributed by atoms with Crippen molar-refractivity contribution in [1.29, 1.82) is 0 Å². The molecular weight excluding hydrogens is 593 g/mol. The van der Waals surface area contributed by atoms with Crippen molar-refractivity contribution in [3.63, 3.8) is 0 Å². The Morgan fingerprint density at radius 3 is 2.47 bits per heavy atom. The van der Waals surface area contributed by atoms with Gasteiger partial charge < -0.3 is 20.5 Å². The summed E-state index contributed by atoms with van der Waals surface area (Å²) in [6.07, 6.45) is 5.11. The summed E-state index contributed by atoms with van der Waals surface area (Å²) in [5, 5.41) is 11.8. The van der Waals surface area contributed by atoms with E-state index in [1.165, 1.54) is 4.68 Å². The second-order valence-electron chi connectivity index (χ2n) is 13.4. The highest BCUT2D eigenvalue weighted by Crippen LogP contribution is 2.40. The van der Waals surface area contributed by atoms with Gasteiger partial charge in [-0.25, -0.2) is 9.67 Å². The Hall–Kier alpha value is -3.42. The van der Waals surface area contributed by atoms with Gasteiger partial charge in [-0.15, -0.1) is 0 Å². The number of amides is 2. The van der Waals surface area contributed by atoms with Gasteiger partial charge in [-0.1, -0.05) is 39.4 Å². The number of halogens is 1. The van der Waals surface area contributed by atoms with E-state index in [1.54, 1.807) is 30.1 Å². The van der Waals surface area contributed by atoms with E-state index in [0.29, 0.717) is 48.1 Å². The average Bonchev–Trinajstić information content (AvgIpc) is 3.50. The lowest BCUT2D eigenvalue weighted by molar-refractivity contribution is -0.119. The molecule has 3 aromatic rings. The van der Waals surface area contributed by atoms with Gasteiger partial charge in [-0.2, -0.15) is 14.6 Å². The molecule has 1 aliphatic carbocycles. The van der Waals surface area contributed by atoms with E-state index >= 15 is 4.39 Å². The lowest BCUT2D eigenvalue weighted by Gasteiger charge is -2.32. The van der Waals surface area contributed by atoms with Crippen molar-refractivity contribution in [3.8, 4) is 11.1 Å². The Balaban J connectivity index is 1.57. The van der Waals surface area contributed by atoms with Gasteiger partial charge >= 0.3 is 0 Å². The number of anilines is 1. The molecule has 13 heteroatoms. The molecule has 246 valence electrons. The molecule has 1 aliphatic rings. The number of methoxy groups -OCH3 is 1. The molecule has 3 N–H and O–H groups in total. The molecule has 1 fully saturated rings. The number of nitrogens with zero attached hydrogens (tertiary/aromatic N) is 5. The number of pyridine rings is 1. The van der Waals surface area contributed by atoms with Crippen molar-refractivity contribution in [3.05, 3.63) is 46.9 Å². The van der Waals surface area contributed by atoms with Crippen LogP contribution in [-0.4, -0.2) is 64.8 Å². The van der Waals surface area contributed by atoms with Gasteiger partial charge in [0, 0.05) is 44.2 Å². The van der Waals surface area contributed by atoms with Crippen molar-refractivity contribution in [2.45, 2.75) is 91.3 Å². The topological polar surface area (TPSA) is 139 Å². The minimum atomic E-state index is -1.22. The van der Waals surface area contributed by atoms with Crippen LogP contribution in [-0.2, 0) is 27.5 Å². The number of rotatable bonds is 14. The number of carbonyl (C=O) groups is 2. The standard InChI is InChI=1S/C32H48FN7O4Si/c1-20-8-10-23(11-9-20)28(25-18-35-39(14-15-43-4)29(25)31(34)41)32(42)37-26-13-12-24(30(33)36-26)27-21(2)38-40(22(27)3)19-44-16-17-45(5,6)7/h12-13,18,20,23,28H,8-11,14-17,19H2,1-7H3,(H2,34,41)(H,36,37,42)/t20?,23?,28-/m0/s1. The van der Waals surface area contributed by atoms with Crippen LogP contribution < -0.4 is 11.1 Å². The minimum Gasteiger partial charge on any atom is -0.383 e. The Morgan fingerprint density at radius 1 is 1.13 bits per heavy atom. The third-order valence-corrected chi connectivity index (χ3v) is 10.4. The van der Waals surface area contributed by atoms with Crippen molar-refractivity contribution in [2.75, 3.05) is 25.6 Å². The molecule has 11 nitrogen and oxygen atoms in total. The molecule has 0 unspecified atom stereocenters. The third kappa shape index (κ3) is 8.44. The van der Waals surface area contributed by atoms with Crippen LogP contribution in [0.5, 0.6) is 0 Å². The van der Waals surface area contributed by atoms with Crippen LogP contribution in [0.25, 0.3) is 11.1 Å². The number of primary amides is 1. The summed E-state index contributed by atoms with van der Waals surface area (Å²) in [4.78, 5) is 30.7. The van der Waals surface area contributed by atoms with Crippen LogP contribution in [0.2, 0.25) is 25.7 Å². The summed E-state index contributed by atoms with van der Waals surface area (Å²) in [6, 6.07) is 4.25. The Kier molecular flexibility index (Phi) is 11.3. The van der Waals surface area contributed by atoms with Crippen LogP contribution in [0.15, 0.2) is 18.3 Å². The highest BCUT2D eigenvalue weighted by atomic mass is 28.3. The largest absolute Gasteiger partial charge is 0.383 e. The molecular formula is C32H48FN7O4Si. The second kappa shape index (κ2) is 14.8. The lowest BCUT2D eigenvalue weighted by atomic mass is 9.73. The Bertz CT molecular complexity index is 1490. The van der Waals surface area contributed by atoms with Gasteiger partial charge in [0.05, 0.1) is 31.0 Å². The molecule has 45 heavy (non-hydrogen) atoms. The van der Waals surface area contributed by atoms with Crippen molar-refractivity contribution >= 4 is 25.7 Å². The van der Waals surface area contributed by atoms with Crippen LogP contribution in [0, 0.1) is 31.6 Å². The van der Waals surface area contributed by atoms with Gasteiger partial charge in [0.2, 0.25) is 11.9 Å². The van der Waals surface area contributed by atoms with Crippen molar-refractivity contribution in [2.24, 2.45) is 17.6 Å². The molecule has 2 amide bonds. The van der Waals surface area contributed by atoms with Crippen molar-refractivity contribution in [1.82, 2.24) is 24.5 Å². The van der Waals surface area contributed by atoms with E-state index in [2.05, 4.69) is 47.1 Å². The fraction of sp³-hybridized carbons (Fsp3) is 0.594. The first-order valence-electron chi connectivity index (χ1n) is 15.7. The number of ether oxygens (including phenoxy) is 2. The first-order valence-corrected chi connectivity index (χ1v) is 19.4. The number of carbonyl (C=O) groups excluding carboxylic acids is 2. The molecule has 1 saturated carbocycles. The molecule has 3 aromatic heterocycles. The monoisotopic (exact) mass is 641 g/mol. The first-order chi connectivity index (χ1) is 21.3. The van der Waals surface area contributed by atoms with Gasteiger partial charge in [0.25, 0.3) is 5.91 Å². The summed E-state index contributed by atoms with van der Waals surface area (Å²) < 4.78 is 29.9. The highest BCUT2D eigenvalue weighted by Gasteiger charge is 2.37. The van der Waals surface area contributed by atoms with Crippen LogP contribution in [0.3, 0.4) is 0 Å². The van der Waals surface area contributed by atoms with Gasteiger partial charge in [-0.3, -0.25) is 14.3 Å². The van der Waals surface area contributed by atoms with Crippen molar-refractivity contribution < 1.29 is 23.5 Å². The summed E-state index contributed by atoms with van der Waals surface area (Å²) >= 11 is 0. The number of aromatic nitrogens is 5. The zero-order valence-corrected chi connectivity index (χ0v) is 28.7. The maximum Gasteiger partial charge on any atom is 0.267 e. The van der Waals surface area contributed by atoms with Crippen LogP contribution in [0.1, 0.15) is 66.0 Å². The molecule has 0 spiro atoms. The summed E-state index contributed by atoms with van der Waals surface area (Å²) in [5.41, 5.74) is 8.83. The number of hydrogen-bond donors (Lipinski definition) is 2. The van der Waals surface area contributed by atoms with Crippen LogP contribution in [0.4, 0.5) is 10.2 Å². The van der Waals surface area contributed by atoms with Gasteiger partial charge in [-0.05, 0) is 56.7 Å².